The number of carbonyl (C=O) groups excluding carboxylic acids is 1. The number of benzene rings is 1. The van der Waals surface area contributed by atoms with Crippen LogP contribution in [0.4, 0.5) is 4.39 Å². The predicted octanol–water partition coefficient (Wildman–Crippen LogP) is 2.04. The Balaban J connectivity index is 0.00000320. The summed E-state index contributed by atoms with van der Waals surface area (Å²) in [6.45, 7) is 4.41. The van der Waals surface area contributed by atoms with Crippen molar-refractivity contribution in [1.82, 2.24) is 20.9 Å². The van der Waals surface area contributed by atoms with E-state index in [0.29, 0.717) is 44.7 Å². The molecule has 0 aromatic heterocycles. The normalized spacial score (nSPS) is 18.3. The molecule has 1 aliphatic heterocycles. The molecule has 1 aromatic carbocycles. The number of amides is 1. The maximum atomic E-state index is 13.4. The van der Waals surface area contributed by atoms with Gasteiger partial charge in [0.2, 0.25) is 5.91 Å². The second-order valence-electron chi connectivity index (χ2n) is 7.54. The molecule has 7 nitrogen and oxygen atoms in total. The van der Waals surface area contributed by atoms with Crippen molar-refractivity contribution in [2.24, 2.45) is 4.99 Å². The zero-order valence-electron chi connectivity index (χ0n) is 17.5. The van der Waals surface area contributed by atoms with Gasteiger partial charge in [0.25, 0.3) is 0 Å². The molecule has 30 heavy (non-hydrogen) atoms. The third kappa shape index (κ3) is 8.35. The van der Waals surface area contributed by atoms with Gasteiger partial charge in [-0.15, -0.1) is 24.0 Å². The number of guanidine groups is 1. The molecule has 0 spiro atoms. The maximum absolute atomic E-state index is 13.4. The first-order chi connectivity index (χ1) is 14.2. The molecular weight excluding hydrogens is 500 g/mol. The topological polar surface area (TPSA) is 78.0 Å². The van der Waals surface area contributed by atoms with Crippen LogP contribution in [-0.4, -0.2) is 69.2 Å². The van der Waals surface area contributed by atoms with Gasteiger partial charge in [-0.2, -0.15) is 0 Å². The molecule has 1 unspecified atom stereocenters. The molecule has 0 bridgehead atoms. The van der Waals surface area contributed by atoms with Gasteiger partial charge in [-0.25, -0.2) is 4.39 Å². The number of halogens is 2. The third-order valence-electron chi connectivity index (χ3n) is 5.24. The van der Waals surface area contributed by atoms with Crippen LogP contribution >= 0.6 is 24.0 Å². The first-order valence-corrected chi connectivity index (χ1v) is 10.5. The Morgan fingerprint density at radius 3 is 2.57 bits per heavy atom. The number of hydrogen-bond acceptors (Lipinski definition) is 4. The molecule has 1 amide bonds. The number of carbonyl (C=O) groups is 1. The number of hydrogen-bond donors (Lipinski definition) is 3. The lowest BCUT2D eigenvalue weighted by atomic mass is 10.0. The van der Waals surface area contributed by atoms with Gasteiger partial charge in [-0.3, -0.25) is 14.7 Å². The average Bonchev–Trinajstić information content (AvgIpc) is 3.55. The van der Waals surface area contributed by atoms with E-state index in [9.17, 15) is 9.18 Å². The number of rotatable bonds is 9. The van der Waals surface area contributed by atoms with Crippen molar-refractivity contribution in [2.75, 3.05) is 46.4 Å². The minimum absolute atomic E-state index is 0. The molecule has 0 radical (unpaired) electrons. The van der Waals surface area contributed by atoms with Gasteiger partial charge in [0.15, 0.2) is 5.96 Å². The highest BCUT2D eigenvalue weighted by Gasteiger charge is 2.24. The molecule has 9 heteroatoms. The number of aliphatic imine (C=N–C) groups is 1. The van der Waals surface area contributed by atoms with Gasteiger partial charge in [0, 0.05) is 45.7 Å². The van der Waals surface area contributed by atoms with Crippen LogP contribution in [0.3, 0.4) is 0 Å². The number of nitrogens with one attached hydrogen (secondary N) is 3. The molecule has 2 aliphatic rings. The van der Waals surface area contributed by atoms with Crippen LogP contribution in [0.5, 0.6) is 0 Å². The Morgan fingerprint density at radius 1 is 1.23 bits per heavy atom. The van der Waals surface area contributed by atoms with E-state index < -0.39 is 0 Å². The first-order valence-electron chi connectivity index (χ1n) is 10.5. The predicted molar refractivity (Wildman–Crippen MR) is 127 cm³/mol. The molecule has 3 rings (SSSR count). The highest BCUT2D eigenvalue weighted by Crippen LogP contribution is 2.21. The second-order valence-corrected chi connectivity index (χ2v) is 7.54. The Bertz CT molecular complexity index is 678. The minimum atomic E-state index is -0.231. The minimum Gasteiger partial charge on any atom is -0.379 e. The van der Waals surface area contributed by atoms with Gasteiger partial charge in [0.05, 0.1) is 19.3 Å². The molecule has 3 N–H and O–H groups in total. The first kappa shape index (κ1) is 24.8. The lowest BCUT2D eigenvalue weighted by Crippen LogP contribution is -2.46. The van der Waals surface area contributed by atoms with E-state index in [1.807, 2.05) is 12.1 Å². The molecule has 1 atom stereocenters. The molecule has 1 heterocycles. The molecule has 1 saturated carbocycles. The van der Waals surface area contributed by atoms with Crippen LogP contribution < -0.4 is 16.0 Å². The molecule has 1 aliphatic carbocycles. The number of morpholine rings is 1. The Labute approximate surface area is 195 Å². The zero-order chi connectivity index (χ0) is 20.5. The van der Waals surface area contributed by atoms with Crippen molar-refractivity contribution in [3.05, 3.63) is 35.6 Å². The fourth-order valence-corrected chi connectivity index (χ4v) is 3.43. The van der Waals surface area contributed by atoms with Crippen LogP contribution in [0, 0.1) is 5.82 Å². The SMILES string of the molecule is CN=C(NCCCC(=O)NC1CC1)NCC(c1ccc(F)cc1)N1CCOCC1.I. The highest BCUT2D eigenvalue weighted by molar-refractivity contribution is 14.0. The summed E-state index contributed by atoms with van der Waals surface area (Å²) in [5.41, 5.74) is 1.06. The van der Waals surface area contributed by atoms with E-state index in [0.717, 1.165) is 37.9 Å². The van der Waals surface area contributed by atoms with Crippen LogP contribution in [0.1, 0.15) is 37.3 Å². The number of ether oxygens (including phenoxy) is 1. The largest absolute Gasteiger partial charge is 0.379 e. The van der Waals surface area contributed by atoms with E-state index in [1.54, 1.807) is 7.05 Å². The summed E-state index contributed by atoms with van der Waals surface area (Å²) in [6, 6.07) is 7.19. The average molecular weight is 533 g/mol. The molecular formula is C21H33FIN5O2. The smallest absolute Gasteiger partial charge is 0.220 e. The molecule has 2 fully saturated rings. The summed E-state index contributed by atoms with van der Waals surface area (Å²) in [5.74, 6) is 0.597. The van der Waals surface area contributed by atoms with Crippen molar-refractivity contribution in [3.63, 3.8) is 0 Å². The fourth-order valence-electron chi connectivity index (χ4n) is 3.43. The highest BCUT2D eigenvalue weighted by atomic mass is 127. The van der Waals surface area contributed by atoms with E-state index >= 15 is 0 Å². The van der Waals surface area contributed by atoms with Crippen LogP contribution in [-0.2, 0) is 9.53 Å². The summed E-state index contributed by atoms with van der Waals surface area (Å²) in [5, 5.41) is 9.64. The summed E-state index contributed by atoms with van der Waals surface area (Å²) >= 11 is 0. The van der Waals surface area contributed by atoms with E-state index in [2.05, 4.69) is 25.8 Å². The van der Waals surface area contributed by atoms with Crippen molar-refractivity contribution < 1.29 is 13.9 Å². The summed E-state index contributed by atoms with van der Waals surface area (Å²) in [6.07, 6.45) is 3.49. The monoisotopic (exact) mass is 533 g/mol. The lowest BCUT2D eigenvalue weighted by Gasteiger charge is -2.35. The summed E-state index contributed by atoms with van der Waals surface area (Å²) in [4.78, 5) is 18.4. The number of nitrogens with zero attached hydrogens (tertiary/aromatic N) is 2. The quantitative estimate of drug-likeness (QED) is 0.196. The molecule has 1 aromatic rings. The Hall–Kier alpha value is -1.46. The van der Waals surface area contributed by atoms with E-state index in [-0.39, 0.29) is 41.7 Å². The van der Waals surface area contributed by atoms with Gasteiger partial charge >= 0.3 is 0 Å². The summed E-state index contributed by atoms with van der Waals surface area (Å²) in [7, 11) is 1.73. The third-order valence-corrected chi connectivity index (χ3v) is 5.24. The molecule has 168 valence electrons. The van der Waals surface area contributed by atoms with Gasteiger partial charge in [0.1, 0.15) is 5.82 Å². The fraction of sp³-hybridized carbons (Fsp3) is 0.619. The van der Waals surface area contributed by atoms with E-state index in [1.165, 1.54) is 12.1 Å². The Kier molecular flexibility index (Phi) is 10.8. The van der Waals surface area contributed by atoms with Crippen molar-refractivity contribution in [2.45, 2.75) is 37.8 Å². The van der Waals surface area contributed by atoms with Crippen LogP contribution in [0.15, 0.2) is 29.3 Å². The maximum Gasteiger partial charge on any atom is 0.220 e. The summed E-state index contributed by atoms with van der Waals surface area (Å²) < 4.78 is 18.8. The molecule has 1 saturated heterocycles. The Morgan fingerprint density at radius 2 is 1.93 bits per heavy atom. The van der Waals surface area contributed by atoms with E-state index in [4.69, 9.17) is 4.74 Å². The van der Waals surface area contributed by atoms with Crippen molar-refractivity contribution >= 4 is 35.8 Å². The van der Waals surface area contributed by atoms with Crippen LogP contribution in [0.2, 0.25) is 0 Å². The van der Waals surface area contributed by atoms with Crippen molar-refractivity contribution in [1.29, 1.82) is 0 Å². The standard InChI is InChI=1S/C21H32FN5O2.HI/c1-23-21(24-10-2-3-20(28)26-18-8-9-18)25-15-19(27-11-13-29-14-12-27)16-4-6-17(22)7-5-16;/h4-7,18-19H,2-3,8-15H2,1H3,(H,26,28)(H2,23,24,25);1H. The van der Waals surface area contributed by atoms with Gasteiger partial charge in [-0.1, -0.05) is 12.1 Å². The van der Waals surface area contributed by atoms with Crippen molar-refractivity contribution in [3.8, 4) is 0 Å². The van der Waals surface area contributed by atoms with Crippen LogP contribution in [0.25, 0.3) is 0 Å². The lowest BCUT2D eigenvalue weighted by molar-refractivity contribution is -0.121. The zero-order valence-corrected chi connectivity index (χ0v) is 19.9. The van der Waals surface area contributed by atoms with Gasteiger partial charge < -0.3 is 20.7 Å². The second kappa shape index (κ2) is 13.1. The van der Waals surface area contributed by atoms with Gasteiger partial charge in [-0.05, 0) is 37.0 Å².